The Morgan fingerprint density at radius 2 is 1.60 bits per heavy atom. The third-order valence-corrected chi connectivity index (χ3v) is 11.6. The largest absolute Gasteiger partial charge is 0.319 e. The number of nitrogens with two attached hydrogens (primary N) is 1. The zero-order valence-corrected chi connectivity index (χ0v) is 27.3. The molecule has 3 heterocycles. The third kappa shape index (κ3) is 4.18. The van der Waals surface area contributed by atoms with Gasteiger partial charge in [0.05, 0.1) is 28.5 Å². The molecule has 2 aliphatic heterocycles. The highest BCUT2D eigenvalue weighted by atomic mass is 32.2. The minimum atomic E-state index is -0.198. The molecule has 0 fully saturated rings. The van der Waals surface area contributed by atoms with Crippen molar-refractivity contribution in [2.75, 3.05) is 4.90 Å². The van der Waals surface area contributed by atoms with Crippen molar-refractivity contribution in [3.05, 3.63) is 169 Å². The zero-order chi connectivity index (χ0) is 31.7. The predicted octanol–water partition coefficient (Wildman–Crippen LogP) is 10.9. The van der Waals surface area contributed by atoms with Gasteiger partial charge in [-0.2, -0.15) is 0 Å². The first kappa shape index (κ1) is 28.2. The van der Waals surface area contributed by atoms with Crippen LogP contribution in [-0.2, 0) is 5.41 Å². The summed E-state index contributed by atoms with van der Waals surface area (Å²) in [5.74, 6) is 0. The molecule has 0 spiro atoms. The average molecular weight is 626 g/mol. The number of thioether (sulfide) groups is 1. The van der Waals surface area contributed by atoms with Gasteiger partial charge in [0.15, 0.2) is 0 Å². The van der Waals surface area contributed by atoms with Crippen LogP contribution in [0.2, 0.25) is 0 Å². The van der Waals surface area contributed by atoms with E-state index >= 15 is 0 Å². The number of para-hydroxylation sites is 3. The van der Waals surface area contributed by atoms with Gasteiger partial charge in [-0.25, -0.2) is 0 Å². The highest BCUT2D eigenvalue weighted by Gasteiger charge is 2.42. The van der Waals surface area contributed by atoms with E-state index in [1.165, 1.54) is 32.3 Å². The molecule has 2 unspecified atom stereocenters. The molecule has 3 atom stereocenters. The quantitative estimate of drug-likeness (QED) is 0.212. The average Bonchev–Trinajstić information content (AvgIpc) is 3.70. The van der Waals surface area contributed by atoms with Crippen LogP contribution in [-0.4, -0.2) is 9.82 Å². The maximum absolute atomic E-state index is 6.87. The Labute approximate surface area is 280 Å². The molecule has 228 valence electrons. The lowest BCUT2D eigenvalue weighted by Gasteiger charge is -2.28. The highest BCUT2D eigenvalue weighted by Crippen LogP contribution is 2.54. The van der Waals surface area contributed by atoms with Crippen LogP contribution in [0.5, 0.6) is 0 Å². The van der Waals surface area contributed by atoms with Crippen LogP contribution in [0, 0.1) is 0 Å². The van der Waals surface area contributed by atoms with Crippen molar-refractivity contribution in [1.82, 2.24) is 4.57 Å². The van der Waals surface area contributed by atoms with Crippen molar-refractivity contribution < 1.29 is 0 Å². The van der Waals surface area contributed by atoms with Crippen LogP contribution in [0.3, 0.4) is 0 Å². The molecule has 6 aromatic rings. The first-order chi connectivity index (χ1) is 23.1. The van der Waals surface area contributed by atoms with E-state index in [4.69, 9.17) is 5.73 Å². The topological polar surface area (TPSA) is 34.2 Å². The van der Waals surface area contributed by atoms with Gasteiger partial charge < -0.3 is 15.2 Å². The summed E-state index contributed by atoms with van der Waals surface area (Å²) in [6.07, 6.45) is 15.4. The van der Waals surface area contributed by atoms with Crippen LogP contribution in [0.25, 0.3) is 38.6 Å². The van der Waals surface area contributed by atoms with E-state index in [1.807, 2.05) is 18.7 Å². The van der Waals surface area contributed by atoms with Crippen molar-refractivity contribution in [1.29, 1.82) is 0 Å². The van der Waals surface area contributed by atoms with Crippen molar-refractivity contribution in [2.24, 2.45) is 5.73 Å². The Kier molecular flexibility index (Phi) is 6.46. The molecule has 4 heteroatoms. The number of hydrogen-bond donors (Lipinski definition) is 1. The molecular weight excluding hydrogens is 591 g/mol. The minimum absolute atomic E-state index is 0.00666. The van der Waals surface area contributed by atoms with Gasteiger partial charge in [0.2, 0.25) is 0 Å². The summed E-state index contributed by atoms with van der Waals surface area (Å²) in [6, 6.07) is 39.7. The van der Waals surface area contributed by atoms with E-state index in [1.54, 1.807) is 0 Å². The molecule has 5 aromatic carbocycles. The summed E-state index contributed by atoms with van der Waals surface area (Å²) < 4.78 is 2.45. The zero-order valence-electron chi connectivity index (χ0n) is 26.5. The first-order valence-corrected chi connectivity index (χ1v) is 17.2. The van der Waals surface area contributed by atoms with E-state index in [0.717, 1.165) is 39.4 Å². The second kappa shape index (κ2) is 10.8. The minimum Gasteiger partial charge on any atom is -0.319 e. The Morgan fingerprint density at radius 1 is 0.787 bits per heavy atom. The summed E-state index contributed by atoms with van der Waals surface area (Å²) in [7, 11) is 0. The summed E-state index contributed by atoms with van der Waals surface area (Å²) in [4.78, 5) is 3.71. The fourth-order valence-electron chi connectivity index (χ4n) is 7.81. The lowest BCUT2D eigenvalue weighted by molar-refractivity contribution is 0.621. The van der Waals surface area contributed by atoms with E-state index in [0.29, 0.717) is 5.25 Å². The normalized spacial score (nSPS) is 22.1. The Balaban J connectivity index is 1.23. The molecule has 3 aliphatic rings. The molecule has 0 saturated heterocycles. The molecule has 2 N–H and O–H groups in total. The van der Waals surface area contributed by atoms with Crippen molar-refractivity contribution in [2.45, 2.75) is 35.4 Å². The maximum atomic E-state index is 6.87. The van der Waals surface area contributed by atoms with Crippen molar-refractivity contribution in [3.63, 3.8) is 0 Å². The molecule has 0 saturated carbocycles. The summed E-state index contributed by atoms with van der Waals surface area (Å²) >= 11 is 1.99. The molecule has 0 radical (unpaired) electrons. The second-order valence-corrected chi connectivity index (χ2v) is 14.0. The van der Waals surface area contributed by atoms with Gasteiger partial charge in [-0.1, -0.05) is 110 Å². The van der Waals surface area contributed by atoms with Gasteiger partial charge in [-0.05, 0) is 72.2 Å². The number of fused-ring (bicyclic) bond motifs is 7. The van der Waals surface area contributed by atoms with Crippen LogP contribution in [0.1, 0.15) is 31.0 Å². The molecule has 0 bridgehead atoms. The Hall–Kier alpha value is -5.03. The van der Waals surface area contributed by atoms with Gasteiger partial charge in [-0.3, -0.25) is 0 Å². The smallest absolute Gasteiger partial charge is 0.0730 e. The maximum Gasteiger partial charge on any atom is 0.0730 e. The van der Waals surface area contributed by atoms with Gasteiger partial charge in [0, 0.05) is 43.3 Å². The summed E-state index contributed by atoms with van der Waals surface area (Å²) in [5.41, 5.74) is 18.7. The molecule has 1 aliphatic carbocycles. The van der Waals surface area contributed by atoms with Crippen LogP contribution < -0.4 is 10.6 Å². The fourth-order valence-corrected chi connectivity index (χ4v) is 9.29. The number of allylic oxidation sites excluding steroid dienone is 6. The van der Waals surface area contributed by atoms with Crippen molar-refractivity contribution >= 4 is 44.9 Å². The van der Waals surface area contributed by atoms with E-state index in [9.17, 15) is 0 Å². The van der Waals surface area contributed by atoms with Crippen LogP contribution in [0.15, 0.2) is 162 Å². The van der Waals surface area contributed by atoms with Gasteiger partial charge in [-0.15, -0.1) is 11.8 Å². The second-order valence-electron chi connectivity index (χ2n) is 12.8. The van der Waals surface area contributed by atoms with E-state index in [-0.39, 0.29) is 11.5 Å². The monoisotopic (exact) mass is 625 g/mol. The van der Waals surface area contributed by atoms with Crippen molar-refractivity contribution in [3.8, 4) is 16.8 Å². The first-order valence-electron chi connectivity index (χ1n) is 16.3. The number of benzene rings is 5. The SMILES string of the molecule is C/C=C\C=C1/[C@@H](N)c2ccccc2N1c1ccccc1-c1cccc(-n2c3ccccc3c3cc4c(cc32)SC2C=CC=CC42C)c1. The molecule has 0 amide bonds. The molecule has 1 aromatic heterocycles. The number of nitrogens with zero attached hydrogens (tertiary/aromatic N) is 2. The third-order valence-electron chi connectivity index (χ3n) is 10.1. The van der Waals surface area contributed by atoms with Gasteiger partial charge in [0.25, 0.3) is 0 Å². The molecular formula is C43H35N3S. The van der Waals surface area contributed by atoms with Crippen LogP contribution >= 0.6 is 11.8 Å². The summed E-state index contributed by atoms with van der Waals surface area (Å²) in [5, 5.41) is 3.01. The lowest BCUT2D eigenvalue weighted by Crippen LogP contribution is -2.28. The van der Waals surface area contributed by atoms with E-state index < -0.39 is 0 Å². The number of rotatable bonds is 4. The summed E-state index contributed by atoms with van der Waals surface area (Å²) in [6.45, 7) is 4.42. The lowest BCUT2D eigenvalue weighted by atomic mass is 9.77. The van der Waals surface area contributed by atoms with Gasteiger partial charge in [0.1, 0.15) is 0 Å². The Morgan fingerprint density at radius 3 is 2.49 bits per heavy atom. The van der Waals surface area contributed by atoms with E-state index in [2.05, 4.69) is 168 Å². The number of hydrogen-bond acceptors (Lipinski definition) is 3. The predicted molar refractivity (Wildman–Crippen MR) is 200 cm³/mol. The number of aromatic nitrogens is 1. The fraction of sp³-hybridized carbons (Fsp3) is 0.116. The molecule has 3 nitrogen and oxygen atoms in total. The number of anilines is 2. The Bertz CT molecular complexity index is 2350. The molecule has 47 heavy (non-hydrogen) atoms. The molecule has 9 rings (SSSR count). The highest BCUT2D eigenvalue weighted by molar-refractivity contribution is 8.00. The standard InChI is InChI=1S/C43H35N3S/c1-3-4-19-38-42(44)32-18-7-10-22-37(32)46(38)35-20-8-5-16-30(35)28-14-13-15-29(25-28)45-36-21-9-6-17-31(36)33-26-34-40(27-39(33)45)47-41-23-11-12-24-43(34,41)2/h3-27,41-42H,44H2,1-2H3/b4-3-,38-19+/t41?,42-,43?/m0/s1. The van der Waals surface area contributed by atoms with Crippen LogP contribution in [0.4, 0.5) is 11.4 Å². The van der Waals surface area contributed by atoms with Gasteiger partial charge >= 0.3 is 0 Å².